The number of tetrazole rings is 2. The molecule has 4 aromatic heterocycles. The van der Waals surface area contributed by atoms with E-state index in [1.165, 1.54) is 12.5 Å². The predicted octanol–water partition coefficient (Wildman–Crippen LogP) is 10.3. The van der Waals surface area contributed by atoms with Gasteiger partial charge in [0, 0.05) is 82.9 Å². The molecule has 0 saturated carbocycles. The number of nitriles is 1. The summed E-state index contributed by atoms with van der Waals surface area (Å²) in [5.41, 5.74) is 12.3. The fourth-order valence-electron chi connectivity index (χ4n) is 8.17. The van der Waals surface area contributed by atoms with Crippen LogP contribution in [0.2, 0.25) is 4.47 Å². The Balaban J connectivity index is 0.000000226. The topological polar surface area (TPSA) is 247 Å². The number of anilines is 5. The van der Waals surface area contributed by atoms with Crippen LogP contribution in [0.5, 0.6) is 0 Å². The first-order valence-corrected chi connectivity index (χ1v) is 25.8. The lowest BCUT2D eigenvalue weighted by atomic mass is 9.95. The minimum absolute atomic E-state index is 0.0592. The second kappa shape index (κ2) is 28.2. The van der Waals surface area contributed by atoms with Gasteiger partial charge in [0.1, 0.15) is 0 Å². The van der Waals surface area contributed by atoms with Crippen LogP contribution in [0.1, 0.15) is 120 Å². The average Bonchev–Trinajstić information content (AvgIpc) is 4.22. The number of nitrogens with two attached hydrogens (primary N) is 1. The van der Waals surface area contributed by atoms with E-state index in [1.807, 2.05) is 19.1 Å². The zero-order valence-corrected chi connectivity index (χ0v) is 44.5. The van der Waals surface area contributed by atoms with E-state index >= 15 is 0 Å². The molecule has 6 aromatic rings. The summed E-state index contributed by atoms with van der Waals surface area (Å²) >= 11 is 6.32. The zero-order chi connectivity index (χ0) is 54.0. The predicted molar refractivity (Wildman–Crippen MR) is 271 cm³/mol. The lowest BCUT2D eigenvalue weighted by Gasteiger charge is -2.38. The first-order chi connectivity index (χ1) is 35.2. The normalized spacial score (nSPS) is 15.2. The Morgan fingerprint density at radius 1 is 0.730 bits per heavy atom. The Morgan fingerprint density at radius 2 is 1.18 bits per heavy atom. The molecule has 19 nitrogen and oxygen atoms in total. The van der Waals surface area contributed by atoms with Crippen molar-refractivity contribution in [1.82, 2.24) is 60.0 Å². The van der Waals surface area contributed by atoms with Crippen molar-refractivity contribution in [3.05, 3.63) is 75.3 Å². The number of ether oxygens (including phenoxy) is 2. The van der Waals surface area contributed by atoms with Crippen LogP contribution in [0, 0.1) is 23.2 Å². The number of nitrogens with zero attached hydrogens (tertiary/aromatic N) is 13. The van der Waals surface area contributed by atoms with Gasteiger partial charge >= 0.3 is 12.4 Å². The SMILES string of the molecule is CC#N.CC(C)CN(c1ccc([C@H](C)Cc2nn[nH]n2)cc1N)C1CCOCC1.CC(C)CN(c1ccc([C@H](C)Cc2nn[nH]n2)cc1Nc1nc(C(F)(F)F)ns1)C1CCOCC1.FC(F)(F)c1nsc(Cl)n1. The summed E-state index contributed by atoms with van der Waals surface area (Å²) in [7, 11) is 0. The molecule has 0 unspecified atom stereocenters. The average molecular weight is 1100 g/mol. The third-order valence-electron chi connectivity index (χ3n) is 11.5. The molecule has 2 saturated heterocycles. The highest BCUT2D eigenvalue weighted by Gasteiger charge is 2.37. The van der Waals surface area contributed by atoms with Crippen molar-refractivity contribution in [1.29, 1.82) is 5.26 Å². The van der Waals surface area contributed by atoms with Crippen molar-refractivity contribution < 1.29 is 35.8 Å². The van der Waals surface area contributed by atoms with Gasteiger partial charge in [0.25, 0.3) is 0 Å². The van der Waals surface area contributed by atoms with Crippen LogP contribution >= 0.6 is 34.7 Å². The molecule has 2 atom stereocenters. The number of aromatic amines is 2. The van der Waals surface area contributed by atoms with Gasteiger partial charge in [-0.05, 0) is 108 Å². The Labute approximate surface area is 438 Å². The van der Waals surface area contributed by atoms with Gasteiger partial charge in [0.05, 0.1) is 28.8 Å². The summed E-state index contributed by atoms with van der Waals surface area (Å²) in [5, 5.41) is 38.9. The van der Waals surface area contributed by atoms with Crippen molar-refractivity contribution in [2.45, 2.75) is 123 Å². The summed E-state index contributed by atoms with van der Waals surface area (Å²) in [6.45, 7) is 19.3. The summed E-state index contributed by atoms with van der Waals surface area (Å²) < 4.78 is 91.5. The second-order valence-electron chi connectivity index (χ2n) is 18.4. The van der Waals surface area contributed by atoms with Gasteiger partial charge in [-0.2, -0.15) is 60.7 Å². The number of nitrogen functional groups attached to an aromatic ring is 1. The van der Waals surface area contributed by atoms with E-state index in [0.29, 0.717) is 72.1 Å². The summed E-state index contributed by atoms with van der Waals surface area (Å²) in [6.07, 6.45) is -3.87. The zero-order valence-electron chi connectivity index (χ0n) is 42.1. The van der Waals surface area contributed by atoms with Crippen molar-refractivity contribution in [3.8, 4) is 6.07 Å². The van der Waals surface area contributed by atoms with Gasteiger partial charge in [-0.15, -0.1) is 20.4 Å². The monoisotopic (exact) mass is 1100 g/mol. The fraction of sp³-hybridized carbons (Fsp3) is 0.587. The molecule has 404 valence electrons. The molecule has 2 fully saturated rings. The van der Waals surface area contributed by atoms with Gasteiger partial charge in [-0.25, -0.2) is 0 Å². The lowest BCUT2D eigenvalue weighted by Crippen LogP contribution is -2.42. The molecule has 28 heteroatoms. The van der Waals surface area contributed by atoms with Crippen LogP contribution < -0.4 is 20.9 Å². The molecular weight excluding hydrogens is 1040 g/mol. The molecule has 2 aliphatic heterocycles. The lowest BCUT2D eigenvalue weighted by molar-refractivity contribution is -0.144. The summed E-state index contributed by atoms with van der Waals surface area (Å²) in [4.78, 5) is 11.4. The highest BCUT2D eigenvalue weighted by atomic mass is 35.5. The number of nitrogens with one attached hydrogen (secondary N) is 3. The molecule has 74 heavy (non-hydrogen) atoms. The quantitative estimate of drug-likeness (QED) is 0.0520. The van der Waals surface area contributed by atoms with Gasteiger partial charge in [0.2, 0.25) is 21.2 Å². The summed E-state index contributed by atoms with van der Waals surface area (Å²) in [6, 6.07) is 15.0. The Morgan fingerprint density at radius 3 is 1.57 bits per heavy atom. The van der Waals surface area contributed by atoms with Crippen LogP contribution in [0.3, 0.4) is 0 Å². The fourth-order valence-corrected chi connectivity index (χ4v) is 9.38. The Kier molecular flexibility index (Phi) is 22.5. The molecular formula is C46H62ClF6N17O2S2. The third kappa shape index (κ3) is 18.2. The van der Waals surface area contributed by atoms with Crippen molar-refractivity contribution in [3.63, 3.8) is 0 Å². The van der Waals surface area contributed by atoms with Gasteiger partial charge in [-0.3, -0.25) is 0 Å². The van der Waals surface area contributed by atoms with Gasteiger partial charge in [-0.1, -0.05) is 64.1 Å². The molecule has 0 bridgehead atoms. The number of hydrogen-bond acceptors (Lipinski definition) is 19. The van der Waals surface area contributed by atoms with Crippen LogP contribution in [0.4, 0.5) is 54.2 Å². The molecule has 5 N–H and O–H groups in total. The maximum absolute atomic E-state index is 13.1. The summed E-state index contributed by atoms with van der Waals surface area (Å²) in [5.74, 6) is 0.311. The van der Waals surface area contributed by atoms with E-state index in [4.69, 9.17) is 32.1 Å². The number of H-pyrrole nitrogens is 2. The first-order valence-electron chi connectivity index (χ1n) is 23.9. The van der Waals surface area contributed by atoms with E-state index in [1.54, 1.807) is 6.07 Å². The number of benzene rings is 2. The van der Waals surface area contributed by atoms with Gasteiger partial charge < -0.3 is 30.3 Å². The molecule has 8 rings (SSSR count). The Bertz CT molecular complexity index is 2600. The molecule has 6 heterocycles. The molecule has 2 aromatic carbocycles. The number of aromatic nitrogens is 12. The molecule has 0 amide bonds. The maximum Gasteiger partial charge on any atom is 0.452 e. The molecule has 0 aliphatic carbocycles. The van der Waals surface area contributed by atoms with Crippen LogP contribution in [-0.4, -0.2) is 112 Å². The number of alkyl halides is 6. The van der Waals surface area contributed by atoms with E-state index < -0.39 is 24.0 Å². The minimum atomic E-state index is -4.59. The minimum Gasteiger partial charge on any atom is -0.397 e. The second-order valence-corrected chi connectivity index (χ2v) is 20.5. The van der Waals surface area contributed by atoms with Crippen molar-refractivity contribution in [2.75, 3.05) is 60.4 Å². The number of hydrogen-bond donors (Lipinski definition) is 4. The third-order valence-corrected chi connectivity index (χ3v) is 13.0. The van der Waals surface area contributed by atoms with E-state index in [-0.39, 0.29) is 27.5 Å². The van der Waals surface area contributed by atoms with Crippen LogP contribution in [0.15, 0.2) is 36.4 Å². The smallest absolute Gasteiger partial charge is 0.397 e. The number of rotatable bonds is 16. The molecule has 0 radical (unpaired) electrons. The van der Waals surface area contributed by atoms with E-state index in [2.05, 4.69) is 134 Å². The molecule has 0 spiro atoms. The maximum atomic E-state index is 13.1. The molecule has 2 aliphatic rings. The van der Waals surface area contributed by atoms with E-state index in [0.717, 1.165) is 86.9 Å². The standard InChI is InChI=1S/C22H29F3N8OS.C19H30N6O.C3ClF3N2S.C2H3N/c1-13(2)12-33(16-6-8-34-9-7-16)18-5-4-15(14(3)10-19-28-31-32-29-19)11-17(18)26-21-27-20(30-35-21)22(23,24)25;1-13(2)12-25(16-6-8-26-9-7-16)18-5-4-15(11-17(18)20)14(3)10-19-21-23-24-22-19;4-2-8-1(9-10-2)3(5,6)7;1-2-3/h4-5,11,13-14,16H,6-10,12H2,1-3H3,(H,26,27,30)(H,28,29,31,32);4-5,11,13-14,16H,6-10,12,20H2,1-3H3,(H,21,22,23,24);;1H3/t2*14-;;/m11../s1. The van der Waals surface area contributed by atoms with Crippen LogP contribution in [0.25, 0.3) is 0 Å². The van der Waals surface area contributed by atoms with Crippen LogP contribution in [-0.2, 0) is 34.7 Å². The highest BCUT2D eigenvalue weighted by Crippen LogP contribution is 2.38. The number of halogens is 7. The largest absolute Gasteiger partial charge is 0.452 e. The van der Waals surface area contributed by atoms with Crippen molar-refractivity contribution in [2.24, 2.45) is 11.8 Å². The highest BCUT2D eigenvalue weighted by molar-refractivity contribution is 7.10. The van der Waals surface area contributed by atoms with E-state index in [9.17, 15) is 26.3 Å². The van der Waals surface area contributed by atoms with Gasteiger partial charge in [0.15, 0.2) is 11.6 Å². The van der Waals surface area contributed by atoms with Crippen molar-refractivity contribution >= 4 is 62.5 Å². The Hall–Kier alpha value is -5.82. The first kappa shape index (κ1) is 59.1.